The number of benzene rings is 2. The molecule has 0 heterocycles. The molecule has 4 rings (SSSR count). The van der Waals surface area contributed by atoms with Crippen LogP contribution in [0.4, 0.5) is 0 Å². The molecule has 25 heavy (non-hydrogen) atoms. The highest BCUT2D eigenvalue weighted by Crippen LogP contribution is 2.53. The maximum atomic E-state index is 7.17. The Morgan fingerprint density at radius 2 is 1.28 bits per heavy atom. The lowest BCUT2D eigenvalue weighted by atomic mass is 10.2. The minimum Gasteiger partial charge on any atom is -0.404 e. The lowest BCUT2D eigenvalue weighted by Gasteiger charge is -2.45. The number of hydrogen-bond donors (Lipinski definition) is 1. The zero-order valence-electron chi connectivity index (χ0n) is 15.5. The van der Waals surface area contributed by atoms with Crippen molar-refractivity contribution in [2.24, 2.45) is 17.6 Å². The van der Waals surface area contributed by atoms with Gasteiger partial charge in [-0.05, 0) is 40.1 Å². The fraction of sp³-hybridized carbons (Fsp3) is 0.455. The minimum absolute atomic E-state index is 0.0601. The summed E-state index contributed by atoms with van der Waals surface area (Å²) in [4.78, 5) is 0. The summed E-state index contributed by atoms with van der Waals surface area (Å²) in [5, 5.41) is 2.81. The summed E-state index contributed by atoms with van der Waals surface area (Å²) in [6.45, 7) is 7.04. The van der Waals surface area contributed by atoms with E-state index in [1.807, 2.05) is 0 Å². The van der Waals surface area contributed by atoms with Crippen LogP contribution < -0.4 is 16.1 Å². The Morgan fingerprint density at radius 1 is 0.840 bits per heavy atom. The number of rotatable bonds is 4. The molecule has 2 aromatic rings. The Kier molecular flexibility index (Phi) is 4.14. The van der Waals surface area contributed by atoms with Crippen LogP contribution in [0.25, 0.3) is 0 Å². The van der Waals surface area contributed by atoms with Crippen LogP contribution in [-0.2, 0) is 4.43 Å². The van der Waals surface area contributed by atoms with Gasteiger partial charge in [-0.2, -0.15) is 0 Å². The molecule has 2 aromatic carbocycles. The standard InChI is InChI=1S/C22H29NOSi/c1-22(2,3)25(17-10-6-4-7-11-17,18-12-8-5-9-13-18)24-16-14-19-20(15-16)21(19)23/h4-13,16,19-21H,14-15,23H2,1-3H3/t16?,19-,20+,21-. The molecule has 0 aliphatic heterocycles. The molecule has 2 N–H and O–H groups in total. The third-order valence-electron chi connectivity index (χ3n) is 6.23. The first-order valence-electron chi connectivity index (χ1n) is 9.48. The molecule has 0 radical (unpaired) electrons. The Hall–Kier alpha value is -1.42. The van der Waals surface area contributed by atoms with E-state index < -0.39 is 8.32 Å². The van der Waals surface area contributed by atoms with Crippen LogP contribution in [0.5, 0.6) is 0 Å². The predicted octanol–water partition coefficient (Wildman–Crippen LogP) is 3.30. The molecule has 2 aliphatic rings. The Bertz CT molecular complexity index is 673. The molecule has 0 bridgehead atoms. The van der Waals surface area contributed by atoms with Crippen molar-refractivity contribution in [3.8, 4) is 0 Å². The summed E-state index contributed by atoms with van der Waals surface area (Å²) in [5.74, 6) is 1.39. The highest BCUT2D eigenvalue weighted by atomic mass is 28.4. The third-order valence-corrected chi connectivity index (χ3v) is 11.3. The maximum Gasteiger partial charge on any atom is 0.261 e. The summed E-state index contributed by atoms with van der Waals surface area (Å²) in [5.41, 5.74) is 6.16. The first kappa shape index (κ1) is 17.0. The van der Waals surface area contributed by atoms with Crippen molar-refractivity contribution >= 4 is 18.7 Å². The van der Waals surface area contributed by atoms with E-state index in [1.165, 1.54) is 10.4 Å². The summed E-state index contributed by atoms with van der Waals surface area (Å²) < 4.78 is 7.17. The van der Waals surface area contributed by atoms with E-state index in [9.17, 15) is 0 Å². The summed E-state index contributed by atoms with van der Waals surface area (Å²) in [7, 11) is -2.39. The summed E-state index contributed by atoms with van der Waals surface area (Å²) in [6.07, 6.45) is 2.62. The van der Waals surface area contributed by atoms with Crippen molar-refractivity contribution in [2.75, 3.05) is 0 Å². The molecule has 2 fully saturated rings. The summed E-state index contributed by atoms with van der Waals surface area (Å²) in [6, 6.07) is 22.3. The minimum atomic E-state index is -2.39. The van der Waals surface area contributed by atoms with Crippen LogP contribution in [0.15, 0.2) is 60.7 Å². The fourth-order valence-electron chi connectivity index (χ4n) is 4.88. The monoisotopic (exact) mass is 351 g/mol. The van der Waals surface area contributed by atoms with Gasteiger partial charge in [-0.1, -0.05) is 81.4 Å². The van der Waals surface area contributed by atoms with E-state index >= 15 is 0 Å². The number of nitrogens with two attached hydrogens (primary N) is 1. The predicted molar refractivity (Wildman–Crippen MR) is 107 cm³/mol. The molecule has 0 spiro atoms. The molecule has 2 nitrogen and oxygen atoms in total. The van der Waals surface area contributed by atoms with Gasteiger partial charge in [0.2, 0.25) is 0 Å². The highest BCUT2D eigenvalue weighted by molar-refractivity contribution is 6.99. The van der Waals surface area contributed by atoms with Crippen LogP contribution >= 0.6 is 0 Å². The second kappa shape index (κ2) is 6.08. The van der Waals surface area contributed by atoms with Crippen LogP contribution in [0, 0.1) is 11.8 Å². The van der Waals surface area contributed by atoms with E-state index in [1.54, 1.807) is 0 Å². The molecule has 1 unspecified atom stereocenters. The van der Waals surface area contributed by atoms with E-state index in [-0.39, 0.29) is 5.04 Å². The van der Waals surface area contributed by atoms with E-state index in [2.05, 4.69) is 81.4 Å². The zero-order valence-corrected chi connectivity index (χ0v) is 16.5. The van der Waals surface area contributed by atoms with Gasteiger partial charge in [0, 0.05) is 12.1 Å². The van der Waals surface area contributed by atoms with Crippen LogP contribution in [0.2, 0.25) is 5.04 Å². The van der Waals surface area contributed by atoms with Crippen molar-refractivity contribution in [3.05, 3.63) is 60.7 Å². The molecule has 2 aliphatic carbocycles. The first-order chi connectivity index (χ1) is 11.9. The molecule has 3 heteroatoms. The molecular weight excluding hydrogens is 322 g/mol. The first-order valence-corrected chi connectivity index (χ1v) is 11.4. The molecule has 0 amide bonds. The third kappa shape index (κ3) is 2.79. The van der Waals surface area contributed by atoms with Gasteiger partial charge < -0.3 is 10.2 Å². The molecule has 132 valence electrons. The van der Waals surface area contributed by atoms with Crippen molar-refractivity contribution in [2.45, 2.75) is 50.8 Å². The Balaban J connectivity index is 1.79. The van der Waals surface area contributed by atoms with Crippen LogP contribution in [-0.4, -0.2) is 20.5 Å². The van der Waals surface area contributed by atoms with Gasteiger partial charge in [-0.15, -0.1) is 0 Å². The smallest absolute Gasteiger partial charge is 0.261 e. The van der Waals surface area contributed by atoms with Crippen molar-refractivity contribution < 1.29 is 4.43 Å². The largest absolute Gasteiger partial charge is 0.404 e. The number of hydrogen-bond acceptors (Lipinski definition) is 2. The van der Waals surface area contributed by atoms with Crippen LogP contribution in [0.1, 0.15) is 33.6 Å². The zero-order chi connectivity index (χ0) is 17.7. The van der Waals surface area contributed by atoms with Crippen molar-refractivity contribution in [3.63, 3.8) is 0 Å². The quantitative estimate of drug-likeness (QED) is 0.858. The van der Waals surface area contributed by atoms with Gasteiger partial charge in [0.25, 0.3) is 8.32 Å². The van der Waals surface area contributed by atoms with Gasteiger partial charge in [0.15, 0.2) is 0 Å². The Morgan fingerprint density at radius 3 is 1.68 bits per heavy atom. The van der Waals surface area contributed by atoms with E-state index in [4.69, 9.17) is 10.2 Å². The van der Waals surface area contributed by atoms with E-state index in [0.717, 1.165) is 12.8 Å². The maximum absolute atomic E-state index is 7.17. The average Bonchev–Trinajstić information content (AvgIpc) is 3.02. The highest BCUT2D eigenvalue weighted by Gasteiger charge is 2.58. The topological polar surface area (TPSA) is 35.2 Å². The Labute approximate surface area is 152 Å². The van der Waals surface area contributed by atoms with Gasteiger partial charge in [-0.25, -0.2) is 0 Å². The van der Waals surface area contributed by atoms with Gasteiger partial charge in [0.1, 0.15) is 0 Å². The fourth-order valence-corrected chi connectivity index (χ4v) is 9.59. The van der Waals surface area contributed by atoms with E-state index in [0.29, 0.717) is 24.0 Å². The van der Waals surface area contributed by atoms with Gasteiger partial charge in [0.05, 0.1) is 0 Å². The average molecular weight is 352 g/mol. The normalized spacial score (nSPS) is 28.6. The molecular formula is C22H29NOSi. The summed E-state index contributed by atoms with van der Waals surface area (Å²) >= 11 is 0. The SMILES string of the molecule is CC(C)(C)[Si](OC1C[C@@H]2[C@H](N)[C@@H]2C1)(c1ccccc1)c1ccccc1. The van der Waals surface area contributed by atoms with Crippen molar-refractivity contribution in [1.29, 1.82) is 0 Å². The molecule has 0 saturated heterocycles. The number of fused-ring (bicyclic) bond motifs is 1. The van der Waals surface area contributed by atoms with Crippen molar-refractivity contribution in [1.82, 2.24) is 0 Å². The second-order valence-corrected chi connectivity index (χ2v) is 13.0. The lowest BCUT2D eigenvalue weighted by Crippen LogP contribution is -2.67. The molecule has 4 atom stereocenters. The molecule has 0 aromatic heterocycles. The molecule has 2 saturated carbocycles. The second-order valence-electron chi connectivity index (χ2n) is 8.78. The van der Waals surface area contributed by atoms with Crippen LogP contribution in [0.3, 0.4) is 0 Å². The van der Waals surface area contributed by atoms with Gasteiger partial charge >= 0.3 is 0 Å². The van der Waals surface area contributed by atoms with Gasteiger partial charge in [-0.3, -0.25) is 0 Å². The lowest BCUT2D eigenvalue weighted by molar-refractivity contribution is 0.178.